The van der Waals surface area contributed by atoms with Gasteiger partial charge < -0.3 is 14.5 Å². The van der Waals surface area contributed by atoms with Gasteiger partial charge in [-0.3, -0.25) is 9.59 Å². The number of rotatable bonds is 5. The molecule has 2 aliphatic heterocycles. The van der Waals surface area contributed by atoms with Gasteiger partial charge in [-0.1, -0.05) is 12.1 Å². The SMILES string of the molecule is O=C(c1ccc(OC2CCN(C(=O)C3CC3)CC2)cc1)N1CCC(c2ccc(F)cc2)C1. The topological polar surface area (TPSA) is 49.9 Å². The van der Waals surface area contributed by atoms with Crippen LogP contribution in [0.4, 0.5) is 4.39 Å². The molecule has 1 atom stereocenters. The summed E-state index contributed by atoms with van der Waals surface area (Å²) in [4.78, 5) is 29.0. The van der Waals surface area contributed by atoms with Crippen LogP contribution in [0.25, 0.3) is 0 Å². The predicted octanol–water partition coefficient (Wildman–Crippen LogP) is 4.24. The van der Waals surface area contributed by atoms with Crippen molar-refractivity contribution in [3.63, 3.8) is 0 Å². The minimum atomic E-state index is -0.237. The van der Waals surface area contributed by atoms with Crippen LogP contribution in [0.1, 0.15) is 53.9 Å². The van der Waals surface area contributed by atoms with Crippen LogP contribution in [-0.4, -0.2) is 53.9 Å². The number of carbonyl (C=O) groups excluding carboxylic acids is 2. The number of piperidine rings is 1. The Labute approximate surface area is 188 Å². The Morgan fingerprint density at radius 1 is 0.812 bits per heavy atom. The number of benzene rings is 2. The molecule has 5 rings (SSSR count). The second-order valence-electron chi connectivity index (χ2n) is 9.23. The van der Waals surface area contributed by atoms with Crippen LogP contribution in [0.3, 0.4) is 0 Å². The first-order valence-electron chi connectivity index (χ1n) is 11.7. The van der Waals surface area contributed by atoms with Crippen LogP contribution in [0.2, 0.25) is 0 Å². The van der Waals surface area contributed by atoms with Gasteiger partial charge >= 0.3 is 0 Å². The molecule has 0 bridgehead atoms. The molecule has 2 amide bonds. The number of carbonyl (C=O) groups is 2. The maximum atomic E-state index is 13.2. The van der Waals surface area contributed by atoms with Crippen molar-refractivity contribution < 1.29 is 18.7 Å². The van der Waals surface area contributed by atoms with Gasteiger partial charge in [0, 0.05) is 56.4 Å². The third-order valence-electron chi connectivity index (χ3n) is 6.90. The standard InChI is InChI=1S/C26H29FN2O3/c27-22-7-3-18(4-8-22)21-11-14-29(17-21)26(31)20-5-9-23(10-6-20)32-24-12-15-28(16-13-24)25(30)19-1-2-19/h3-10,19,21,24H,1-2,11-17H2. The Kier molecular flexibility index (Phi) is 5.85. The minimum absolute atomic E-state index is 0.0214. The molecular formula is C26H29FN2O3. The molecule has 2 aromatic rings. The fraction of sp³-hybridized carbons (Fsp3) is 0.462. The maximum Gasteiger partial charge on any atom is 0.253 e. The summed E-state index contributed by atoms with van der Waals surface area (Å²) in [5, 5.41) is 0. The molecule has 1 aliphatic carbocycles. The van der Waals surface area contributed by atoms with Crippen LogP contribution < -0.4 is 4.74 Å². The van der Waals surface area contributed by atoms with E-state index in [1.165, 1.54) is 12.1 Å². The number of nitrogens with zero attached hydrogens (tertiary/aromatic N) is 2. The number of hydrogen-bond donors (Lipinski definition) is 0. The maximum absolute atomic E-state index is 13.2. The van der Waals surface area contributed by atoms with E-state index >= 15 is 0 Å². The molecule has 168 valence electrons. The van der Waals surface area contributed by atoms with Crippen molar-refractivity contribution >= 4 is 11.8 Å². The van der Waals surface area contributed by atoms with E-state index in [1.54, 1.807) is 0 Å². The average Bonchev–Trinajstić information content (AvgIpc) is 3.56. The molecule has 2 heterocycles. The van der Waals surface area contributed by atoms with Gasteiger partial charge in [0.2, 0.25) is 5.91 Å². The summed E-state index contributed by atoms with van der Waals surface area (Å²) in [6, 6.07) is 14.0. The zero-order chi connectivity index (χ0) is 22.1. The first-order valence-corrected chi connectivity index (χ1v) is 11.7. The summed E-state index contributed by atoms with van der Waals surface area (Å²) in [5.74, 6) is 1.39. The Morgan fingerprint density at radius 2 is 1.47 bits per heavy atom. The van der Waals surface area contributed by atoms with Crippen LogP contribution >= 0.6 is 0 Å². The third-order valence-corrected chi connectivity index (χ3v) is 6.90. The van der Waals surface area contributed by atoms with Gasteiger partial charge in [-0.15, -0.1) is 0 Å². The van der Waals surface area contributed by atoms with E-state index in [2.05, 4.69) is 0 Å². The van der Waals surface area contributed by atoms with Gasteiger partial charge in [0.15, 0.2) is 0 Å². The zero-order valence-electron chi connectivity index (χ0n) is 18.2. The molecule has 6 heteroatoms. The molecule has 3 fully saturated rings. The smallest absolute Gasteiger partial charge is 0.253 e. The monoisotopic (exact) mass is 436 g/mol. The highest BCUT2D eigenvalue weighted by molar-refractivity contribution is 5.94. The van der Waals surface area contributed by atoms with Crippen LogP contribution in [0.5, 0.6) is 5.75 Å². The van der Waals surface area contributed by atoms with Crippen molar-refractivity contribution in [1.29, 1.82) is 0 Å². The fourth-order valence-electron chi connectivity index (χ4n) is 4.79. The number of halogens is 1. The second kappa shape index (κ2) is 8.93. The zero-order valence-corrected chi connectivity index (χ0v) is 18.2. The van der Waals surface area contributed by atoms with Gasteiger partial charge in [0.25, 0.3) is 5.91 Å². The highest BCUT2D eigenvalue weighted by Gasteiger charge is 2.35. The summed E-state index contributed by atoms with van der Waals surface area (Å²) >= 11 is 0. The second-order valence-corrected chi connectivity index (χ2v) is 9.23. The predicted molar refractivity (Wildman–Crippen MR) is 119 cm³/mol. The molecule has 2 saturated heterocycles. The van der Waals surface area contributed by atoms with Gasteiger partial charge in [0.1, 0.15) is 17.7 Å². The van der Waals surface area contributed by atoms with Crippen LogP contribution in [0.15, 0.2) is 48.5 Å². The number of ether oxygens (including phenoxy) is 1. The molecule has 1 unspecified atom stereocenters. The minimum Gasteiger partial charge on any atom is -0.490 e. The lowest BCUT2D eigenvalue weighted by Crippen LogP contribution is -2.42. The van der Waals surface area contributed by atoms with Crippen LogP contribution in [-0.2, 0) is 4.79 Å². The highest BCUT2D eigenvalue weighted by Crippen LogP contribution is 2.32. The van der Waals surface area contributed by atoms with E-state index in [4.69, 9.17) is 4.74 Å². The van der Waals surface area contributed by atoms with Gasteiger partial charge in [0.05, 0.1) is 0 Å². The van der Waals surface area contributed by atoms with Gasteiger partial charge in [-0.05, 0) is 61.2 Å². The molecule has 3 aliphatic rings. The van der Waals surface area contributed by atoms with E-state index in [-0.39, 0.29) is 29.7 Å². The van der Waals surface area contributed by atoms with Crippen molar-refractivity contribution in [3.8, 4) is 5.75 Å². The van der Waals surface area contributed by atoms with E-state index < -0.39 is 0 Å². The van der Waals surface area contributed by atoms with Gasteiger partial charge in [-0.25, -0.2) is 4.39 Å². The Hall–Kier alpha value is -2.89. The summed E-state index contributed by atoms with van der Waals surface area (Å²) in [6.07, 6.45) is 4.78. The molecule has 0 spiro atoms. The van der Waals surface area contributed by atoms with E-state index in [0.29, 0.717) is 24.6 Å². The molecule has 0 N–H and O–H groups in total. The first-order chi connectivity index (χ1) is 15.6. The molecule has 32 heavy (non-hydrogen) atoms. The molecule has 1 saturated carbocycles. The van der Waals surface area contributed by atoms with E-state index in [1.807, 2.05) is 46.2 Å². The highest BCUT2D eigenvalue weighted by atomic mass is 19.1. The molecule has 5 nitrogen and oxygen atoms in total. The lowest BCUT2D eigenvalue weighted by Gasteiger charge is -2.32. The third kappa shape index (κ3) is 4.64. The van der Waals surface area contributed by atoms with E-state index in [0.717, 1.165) is 56.5 Å². The quantitative estimate of drug-likeness (QED) is 0.705. The lowest BCUT2D eigenvalue weighted by atomic mass is 9.98. The molecule has 2 aromatic carbocycles. The van der Waals surface area contributed by atoms with Crippen molar-refractivity contribution in [2.75, 3.05) is 26.2 Å². The summed E-state index contributed by atoms with van der Waals surface area (Å²) in [6.45, 7) is 2.89. The number of likely N-dealkylation sites (tertiary alicyclic amines) is 2. The van der Waals surface area contributed by atoms with Crippen molar-refractivity contribution in [2.45, 2.75) is 44.1 Å². The largest absolute Gasteiger partial charge is 0.490 e. The Balaban J connectivity index is 1.12. The molecule has 0 aromatic heterocycles. The normalized spacial score (nSPS) is 21.6. The molecular weight excluding hydrogens is 407 g/mol. The van der Waals surface area contributed by atoms with Crippen molar-refractivity contribution in [3.05, 3.63) is 65.5 Å². The van der Waals surface area contributed by atoms with Crippen LogP contribution in [0, 0.1) is 11.7 Å². The lowest BCUT2D eigenvalue weighted by molar-refractivity contribution is -0.134. The first kappa shape index (κ1) is 21.0. The van der Waals surface area contributed by atoms with Crippen molar-refractivity contribution in [1.82, 2.24) is 9.80 Å². The number of hydrogen-bond acceptors (Lipinski definition) is 3. The Bertz CT molecular complexity index is 964. The fourth-order valence-corrected chi connectivity index (χ4v) is 4.79. The Morgan fingerprint density at radius 3 is 2.12 bits per heavy atom. The summed E-state index contributed by atoms with van der Waals surface area (Å²) in [7, 11) is 0. The summed E-state index contributed by atoms with van der Waals surface area (Å²) < 4.78 is 19.3. The molecule has 0 radical (unpaired) electrons. The summed E-state index contributed by atoms with van der Waals surface area (Å²) in [5.41, 5.74) is 1.73. The van der Waals surface area contributed by atoms with E-state index in [9.17, 15) is 14.0 Å². The van der Waals surface area contributed by atoms with Crippen molar-refractivity contribution in [2.24, 2.45) is 5.92 Å². The number of amides is 2. The average molecular weight is 437 g/mol. The van der Waals surface area contributed by atoms with Gasteiger partial charge in [-0.2, -0.15) is 0 Å².